The number of alkyl halides is 2. The monoisotopic (exact) mass is 368 g/mol. The third-order valence-corrected chi connectivity index (χ3v) is 3.35. The highest BCUT2D eigenvalue weighted by atomic mass is 19.3. The fourth-order valence-electron chi connectivity index (χ4n) is 2.21. The van der Waals surface area contributed by atoms with Crippen molar-refractivity contribution in [1.29, 1.82) is 0 Å². The first-order valence-electron chi connectivity index (χ1n) is 7.53. The first-order valence-corrected chi connectivity index (χ1v) is 7.53. The predicted molar refractivity (Wildman–Crippen MR) is 86.9 cm³/mol. The molecule has 0 saturated heterocycles. The molecule has 0 bridgehead atoms. The molecule has 2 rings (SSSR count). The summed E-state index contributed by atoms with van der Waals surface area (Å²) < 4.78 is 35.3. The van der Waals surface area contributed by atoms with E-state index in [0.29, 0.717) is 0 Å². The number of nitrogens with one attached hydrogen (secondary N) is 2. The third kappa shape index (κ3) is 4.91. The minimum absolute atomic E-state index is 0.0353. The summed E-state index contributed by atoms with van der Waals surface area (Å²) in [6.07, 6.45) is 0. The summed E-state index contributed by atoms with van der Waals surface area (Å²) >= 11 is 0. The van der Waals surface area contributed by atoms with E-state index in [9.17, 15) is 18.4 Å². The van der Waals surface area contributed by atoms with Crippen LogP contribution in [0.3, 0.4) is 0 Å². The lowest BCUT2D eigenvalue weighted by atomic mass is 10.2. The van der Waals surface area contributed by atoms with Crippen LogP contribution in [-0.4, -0.2) is 35.3 Å². The van der Waals surface area contributed by atoms with Crippen molar-refractivity contribution in [2.24, 2.45) is 0 Å². The molecule has 0 saturated carbocycles. The number of benzene rings is 1. The van der Waals surface area contributed by atoms with Crippen LogP contribution in [0, 0.1) is 13.8 Å². The van der Waals surface area contributed by atoms with Gasteiger partial charge in [0.15, 0.2) is 11.5 Å². The Balaban J connectivity index is 1.96. The number of hydrogen-bond acceptors (Lipinski definition) is 5. The maximum atomic E-state index is 12.3. The molecule has 0 aliphatic carbocycles. The first-order chi connectivity index (χ1) is 12.3. The van der Waals surface area contributed by atoms with Gasteiger partial charge in [0.25, 0.3) is 11.8 Å². The molecule has 0 spiro atoms. The number of aryl methyl sites for hydroxylation is 2. The number of halogens is 2. The van der Waals surface area contributed by atoms with Gasteiger partial charge in [0.05, 0.1) is 12.8 Å². The van der Waals surface area contributed by atoms with Gasteiger partial charge in [-0.2, -0.15) is 13.9 Å². The lowest BCUT2D eigenvalue weighted by molar-refractivity contribution is -0.122. The van der Waals surface area contributed by atoms with Crippen LogP contribution in [0.15, 0.2) is 24.3 Å². The predicted octanol–water partition coefficient (Wildman–Crippen LogP) is 1.57. The van der Waals surface area contributed by atoms with Gasteiger partial charge in [-0.3, -0.25) is 25.1 Å². The Morgan fingerprint density at radius 2 is 1.92 bits per heavy atom. The summed E-state index contributed by atoms with van der Waals surface area (Å²) in [4.78, 5) is 24.0. The van der Waals surface area contributed by atoms with E-state index in [0.717, 1.165) is 11.4 Å². The van der Waals surface area contributed by atoms with Gasteiger partial charge < -0.3 is 9.47 Å². The average Bonchev–Trinajstić information content (AvgIpc) is 2.89. The zero-order chi connectivity index (χ0) is 19.3. The number of hydrogen-bond donors (Lipinski definition) is 2. The highest BCUT2D eigenvalue weighted by Gasteiger charge is 2.15. The molecule has 2 N–H and O–H groups in total. The Bertz CT molecular complexity index is 808. The minimum atomic E-state index is -3.02. The Labute approximate surface area is 148 Å². The summed E-state index contributed by atoms with van der Waals surface area (Å²) in [6.45, 7) is 0.529. The molecule has 0 aliphatic rings. The maximum Gasteiger partial charge on any atom is 0.387 e. The average molecular weight is 368 g/mol. The van der Waals surface area contributed by atoms with Crippen molar-refractivity contribution < 1.29 is 27.8 Å². The number of methoxy groups -OCH3 is 1. The highest BCUT2D eigenvalue weighted by Crippen LogP contribution is 2.29. The molecule has 2 aromatic rings. The van der Waals surface area contributed by atoms with Crippen LogP contribution in [0.2, 0.25) is 0 Å². The van der Waals surface area contributed by atoms with Crippen molar-refractivity contribution in [2.75, 3.05) is 7.11 Å². The molecule has 140 valence electrons. The van der Waals surface area contributed by atoms with Crippen LogP contribution < -0.4 is 20.3 Å². The number of rotatable bonds is 6. The van der Waals surface area contributed by atoms with Gasteiger partial charge in [-0.15, -0.1) is 0 Å². The van der Waals surface area contributed by atoms with Gasteiger partial charge in [0.1, 0.15) is 6.54 Å². The molecule has 1 aromatic carbocycles. The van der Waals surface area contributed by atoms with Crippen molar-refractivity contribution in [3.05, 3.63) is 41.2 Å². The van der Waals surface area contributed by atoms with Gasteiger partial charge in [-0.1, -0.05) is 0 Å². The van der Waals surface area contributed by atoms with E-state index in [1.165, 1.54) is 30.0 Å². The number of carbonyl (C=O) groups excluding carboxylic acids is 2. The number of hydrazine groups is 1. The Morgan fingerprint density at radius 1 is 1.19 bits per heavy atom. The highest BCUT2D eigenvalue weighted by molar-refractivity contribution is 5.96. The van der Waals surface area contributed by atoms with Crippen molar-refractivity contribution in [1.82, 2.24) is 20.6 Å². The largest absolute Gasteiger partial charge is 0.493 e. The van der Waals surface area contributed by atoms with E-state index in [1.54, 1.807) is 13.8 Å². The second-order valence-electron chi connectivity index (χ2n) is 5.33. The van der Waals surface area contributed by atoms with Crippen LogP contribution in [0.5, 0.6) is 11.5 Å². The molecule has 1 aromatic heterocycles. The molecule has 1 heterocycles. The molecular weight excluding hydrogens is 350 g/mol. The number of nitrogens with zero attached hydrogens (tertiary/aromatic N) is 2. The van der Waals surface area contributed by atoms with Crippen LogP contribution >= 0.6 is 0 Å². The summed E-state index contributed by atoms with van der Waals surface area (Å²) in [7, 11) is 1.26. The lowest BCUT2D eigenvalue weighted by Gasteiger charge is -2.12. The topological polar surface area (TPSA) is 94.5 Å². The molecular formula is C16H18F2N4O4. The summed E-state index contributed by atoms with van der Waals surface area (Å²) in [5.41, 5.74) is 6.17. The van der Waals surface area contributed by atoms with E-state index in [-0.39, 0.29) is 23.6 Å². The first kappa shape index (κ1) is 19.2. The van der Waals surface area contributed by atoms with Crippen molar-refractivity contribution >= 4 is 11.8 Å². The Morgan fingerprint density at radius 3 is 2.50 bits per heavy atom. The van der Waals surface area contributed by atoms with E-state index in [4.69, 9.17) is 4.74 Å². The fraction of sp³-hybridized carbons (Fsp3) is 0.312. The van der Waals surface area contributed by atoms with Crippen molar-refractivity contribution in [2.45, 2.75) is 27.0 Å². The Kier molecular flexibility index (Phi) is 6.10. The van der Waals surface area contributed by atoms with Gasteiger partial charge in [0, 0.05) is 11.3 Å². The van der Waals surface area contributed by atoms with E-state index < -0.39 is 18.4 Å². The molecule has 0 aliphatic heterocycles. The molecule has 0 fully saturated rings. The molecule has 0 atom stereocenters. The van der Waals surface area contributed by atoms with Crippen molar-refractivity contribution in [3.8, 4) is 11.5 Å². The minimum Gasteiger partial charge on any atom is -0.493 e. The summed E-state index contributed by atoms with van der Waals surface area (Å²) in [5, 5.41) is 4.14. The van der Waals surface area contributed by atoms with Crippen LogP contribution in [0.25, 0.3) is 0 Å². The van der Waals surface area contributed by atoms with Gasteiger partial charge >= 0.3 is 6.61 Å². The summed E-state index contributed by atoms with van der Waals surface area (Å²) in [5.74, 6) is -1.36. The molecule has 0 radical (unpaired) electrons. The smallest absolute Gasteiger partial charge is 0.387 e. The number of aromatic nitrogens is 2. The second kappa shape index (κ2) is 8.28. The van der Waals surface area contributed by atoms with Gasteiger partial charge in [-0.25, -0.2) is 0 Å². The van der Waals surface area contributed by atoms with Gasteiger partial charge in [0.2, 0.25) is 0 Å². The zero-order valence-electron chi connectivity index (χ0n) is 14.4. The molecule has 2 amide bonds. The van der Waals surface area contributed by atoms with Crippen LogP contribution in [0.1, 0.15) is 21.7 Å². The molecule has 8 nitrogen and oxygen atoms in total. The van der Waals surface area contributed by atoms with Crippen LogP contribution in [-0.2, 0) is 11.3 Å². The Hall–Kier alpha value is -3.17. The number of amides is 2. The normalized spacial score (nSPS) is 10.5. The SMILES string of the molecule is COc1cc(C(=O)NNC(=O)Cn2nc(C)cc2C)ccc1OC(F)F. The van der Waals surface area contributed by atoms with E-state index in [2.05, 4.69) is 20.7 Å². The molecule has 0 unspecified atom stereocenters. The number of ether oxygens (including phenoxy) is 2. The number of carbonyl (C=O) groups is 2. The zero-order valence-corrected chi connectivity index (χ0v) is 14.4. The second-order valence-corrected chi connectivity index (χ2v) is 5.33. The maximum absolute atomic E-state index is 12.3. The standard InChI is InChI=1S/C16H18F2N4O4/c1-9-6-10(2)22(21-9)8-14(23)19-20-15(24)11-4-5-12(26-16(17)18)13(7-11)25-3/h4-7,16H,8H2,1-3H3,(H,19,23)(H,20,24). The lowest BCUT2D eigenvalue weighted by Crippen LogP contribution is -2.43. The molecule has 10 heteroatoms. The van der Waals surface area contributed by atoms with E-state index in [1.807, 2.05) is 6.07 Å². The summed E-state index contributed by atoms with van der Waals surface area (Å²) in [6, 6.07) is 5.49. The van der Waals surface area contributed by atoms with Crippen molar-refractivity contribution in [3.63, 3.8) is 0 Å². The van der Waals surface area contributed by atoms with Gasteiger partial charge in [-0.05, 0) is 38.1 Å². The molecule has 26 heavy (non-hydrogen) atoms. The fourth-order valence-corrected chi connectivity index (χ4v) is 2.21. The van der Waals surface area contributed by atoms with Crippen LogP contribution in [0.4, 0.5) is 8.78 Å². The van der Waals surface area contributed by atoms with E-state index >= 15 is 0 Å². The quantitative estimate of drug-likeness (QED) is 0.755. The third-order valence-electron chi connectivity index (χ3n) is 3.35.